The second-order valence-electron chi connectivity index (χ2n) is 5.88. The number of nitrogens with one attached hydrogen (secondary N) is 1. The summed E-state index contributed by atoms with van der Waals surface area (Å²) in [6.45, 7) is 1.40. The molecule has 0 bridgehead atoms. The van der Waals surface area contributed by atoms with Crippen LogP contribution in [0.1, 0.15) is 11.1 Å². The van der Waals surface area contributed by atoms with Crippen molar-refractivity contribution in [1.82, 2.24) is 4.90 Å². The van der Waals surface area contributed by atoms with E-state index in [-0.39, 0.29) is 0 Å². The minimum absolute atomic E-state index is 0.541. The molecular formula is C21H18Cl2N2S. The molecule has 0 aliphatic heterocycles. The first-order valence-electron chi connectivity index (χ1n) is 8.20. The first-order valence-corrected chi connectivity index (χ1v) is 9.37. The highest BCUT2D eigenvalue weighted by Crippen LogP contribution is 2.26. The van der Waals surface area contributed by atoms with Gasteiger partial charge in [-0.05, 0) is 41.5 Å². The number of benzene rings is 3. The molecule has 26 heavy (non-hydrogen) atoms. The Morgan fingerprint density at radius 3 is 1.85 bits per heavy atom. The maximum absolute atomic E-state index is 6.27. The summed E-state index contributed by atoms with van der Waals surface area (Å²) in [4.78, 5) is 2.12. The van der Waals surface area contributed by atoms with E-state index in [1.54, 1.807) is 12.1 Å². The molecule has 0 heterocycles. The molecule has 0 aliphatic rings. The number of anilines is 1. The van der Waals surface area contributed by atoms with Gasteiger partial charge in [-0.1, -0.05) is 83.9 Å². The summed E-state index contributed by atoms with van der Waals surface area (Å²) in [6, 6.07) is 25.8. The summed E-state index contributed by atoms with van der Waals surface area (Å²) in [6.07, 6.45) is 0. The van der Waals surface area contributed by atoms with Gasteiger partial charge in [0.15, 0.2) is 5.11 Å². The summed E-state index contributed by atoms with van der Waals surface area (Å²) >= 11 is 17.9. The van der Waals surface area contributed by atoms with Crippen LogP contribution in [0.2, 0.25) is 10.0 Å². The summed E-state index contributed by atoms with van der Waals surface area (Å²) < 4.78 is 0. The van der Waals surface area contributed by atoms with E-state index in [1.807, 2.05) is 42.5 Å². The predicted octanol–water partition coefficient (Wildman–Crippen LogP) is 6.39. The molecule has 0 unspecified atom stereocenters. The Kier molecular flexibility index (Phi) is 6.51. The van der Waals surface area contributed by atoms with Crippen molar-refractivity contribution in [1.29, 1.82) is 0 Å². The zero-order chi connectivity index (χ0) is 18.4. The topological polar surface area (TPSA) is 15.3 Å². The van der Waals surface area contributed by atoms with E-state index >= 15 is 0 Å². The van der Waals surface area contributed by atoms with Crippen LogP contribution in [0.15, 0.2) is 78.9 Å². The average molecular weight is 401 g/mol. The molecule has 3 rings (SSSR count). The van der Waals surface area contributed by atoms with Crippen LogP contribution in [0.5, 0.6) is 0 Å². The number of nitrogens with zero attached hydrogens (tertiary/aromatic N) is 1. The van der Waals surface area contributed by atoms with Gasteiger partial charge in [0.05, 0.1) is 10.7 Å². The maximum Gasteiger partial charge on any atom is 0.174 e. The van der Waals surface area contributed by atoms with Gasteiger partial charge in [-0.3, -0.25) is 0 Å². The average Bonchev–Trinajstić information content (AvgIpc) is 2.65. The molecule has 0 amide bonds. The van der Waals surface area contributed by atoms with Gasteiger partial charge < -0.3 is 10.2 Å². The van der Waals surface area contributed by atoms with Crippen LogP contribution < -0.4 is 5.32 Å². The van der Waals surface area contributed by atoms with E-state index < -0.39 is 0 Å². The number of hydrogen-bond donors (Lipinski definition) is 1. The van der Waals surface area contributed by atoms with Gasteiger partial charge in [-0.25, -0.2) is 0 Å². The van der Waals surface area contributed by atoms with Gasteiger partial charge in [-0.15, -0.1) is 0 Å². The Hall–Kier alpha value is -2.07. The van der Waals surface area contributed by atoms with Crippen molar-refractivity contribution >= 4 is 46.2 Å². The molecule has 3 aromatic rings. The van der Waals surface area contributed by atoms with E-state index in [0.29, 0.717) is 28.2 Å². The molecule has 0 saturated heterocycles. The molecule has 0 atom stereocenters. The van der Waals surface area contributed by atoms with Gasteiger partial charge in [0.25, 0.3) is 0 Å². The lowest BCUT2D eigenvalue weighted by Gasteiger charge is -2.26. The highest BCUT2D eigenvalue weighted by molar-refractivity contribution is 7.80. The summed E-state index contributed by atoms with van der Waals surface area (Å²) in [5, 5.41) is 4.99. The monoisotopic (exact) mass is 400 g/mol. The first kappa shape index (κ1) is 18.7. The molecule has 2 nitrogen and oxygen atoms in total. The molecule has 0 saturated carbocycles. The largest absolute Gasteiger partial charge is 0.340 e. The van der Waals surface area contributed by atoms with Crippen molar-refractivity contribution in [2.24, 2.45) is 0 Å². The quantitative estimate of drug-likeness (QED) is 0.499. The third-order valence-electron chi connectivity index (χ3n) is 3.89. The van der Waals surface area contributed by atoms with E-state index in [9.17, 15) is 0 Å². The van der Waals surface area contributed by atoms with Gasteiger partial charge in [0.1, 0.15) is 0 Å². The Balaban J connectivity index is 1.80. The van der Waals surface area contributed by atoms with Gasteiger partial charge in [0, 0.05) is 18.1 Å². The molecular weight excluding hydrogens is 383 g/mol. The Morgan fingerprint density at radius 1 is 0.808 bits per heavy atom. The third kappa shape index (κ3) is 5.21. The smallest absolute Gasteiger partial charge is 0.174 e. The second-order valence-corrected chi connectivity index (χ2v) is 7.11. The highest BCUT2D eigenvalue weighted by Gasteiger charge is 2.13. The number of rotatable bonds is 5. The third-order valence-corrected chi connectivity index (χ3v) is 4.80. The number of thiocarbonyl (C=S) groups is 1. The van der Waals surface area contributed by atoms with Gasteiger partial charge in [0.2, 0.25) is 0 Å². The van der Waals surface area contributed by atoms with Gasteiger partial charge >= 0.3 is 0 Å². The fraction of sp³-hybridized carbons (Fsp3) is 0.0952. The van der Waals surface area contributed by atoms with Crippen LogP contribution >= 0.6 is 35.4 Å². The van der Waals surface area contributed by atoms with Crippen molar-refractivity contribution in [3.05, 3.63) is 100 Å². The molecule has 0 aliphatic carbocycles. The van der Waals surface area contributed by atoms with Crippen molar-refractivity contribution in [3.8, 4) is 0 Å². The van der Waals surface area contributed by atoms with Crippen LogP contribution in [0.3, 0.4) is 0 Å². The minimum atomic E-state index is 0.541. The summed E-state index contributed by atoms with van der Waals surface area (Å²) in [5.41, 5.74) is 3.12. The van der Waals surface area contributed by atoms with Gasteiger partial charge in [-0.2, -0.15) is 0 Å². The molecule has 3 aromatic carbocycles. The molecule has 0 radical (unpaired) electrons. The molecule has 132 valence electrons. The molecule has 5 heteroatoms. The van der Waals surface area contributed by atoms with Crippen molar-refractivity contribution in [3.63, 3.8) is 0 Å². The second kappa shape index (κ2) is 9.04. The summed E-state index contributed by atoms with van der Waals surface area (Å²) in [5.74, 6) is 0. The lowest BCUT2D eigenvalue weighted by molar-refractivity contribution is 0.413. The molecule has 0 fully saturated rings. The van der Waals surface area contributed by atoms with Crippen LogP contribution in [-0.2, 0) is 13.1 Å². The summed E-state index contributed by atoms with van der Waals surface area (Å²) in [7, 11) is 0. The van der Waals surface area contributed by atoms with Crippen LogP contribution in [-0.4, -0.2) is 10.0 Å². The van der Waals surface area contributed by atoms with E-state index in [0.717, 1.165) is 5.69 Å². The standard InChI is InChI=1S/C21H18Cl2N2S/c22-18-11-12-20(19(23)13-18)24-21(26)25(14-16-7-3-1-4-8-16)15-17-9-5-2-6-10-17/h1-13H,14-15H2,(H,24,26). The normalized spacial score (nSPS) is 10.4. The first-order chi connectivity index (χ1) is 12.6. The Bertz CT molecular complexity index is 828. The lowest BCUT2D eigenvalue weighted by Crippen LogP contribution is -2.33. The number of halogens is 2. The molecule has 0 spiro atoms. The SMILES string of the molecule is S=C(Nc1ccc(Cl)cc1Cl)N(Cc1ccccc1)Cc1ccccc1. The zero-order valence-corrected chi connectivity index (χ0v) is 16.4. The Labute approximate surface area is 169 Å². The Morgan fingerprint density at radius 2 is 1.35 bits per heavy atom. The van der Waals surface area contributed by atoms with Crippen molar-refractivity contribution in [2.75, 3.05) is 5.32 Å². The minimum Gasteiger partial charge on any atom is -0.340 e. The maximum atomic E-state index is 6.27. The predicted molar refractivity (Wildman–Crippen MR) is 115 cm³/mol. The fourth-order valence-corrected chi connectivity index (χ4v) is 3.29. The highest BCUT2D eigenvalue weighted by atomic mass is 35.5. The lowest BCUT2D eigenvalue weighted by atomic mass is 10.2. The molecule has 1 N–H and O–H groups in total. The fourth-order valence-electron chi connectivity index (χ4n) is 2.59. The van der Waals surface area contributed by atoms with Crippen molar-refractivity contribution in [2.45, 2.75) is 13.1 Å². The van der Waals surface area contributed by atoms with Crippen molar-refractivity contribution < 1.29 is 0 Å². The van der Waals surface area contributed by atoms with E-state index in [2.05, 4.69) is 34.5 Å². The molecule has 0 aromatic heterocycles. The number of hydrogen-bond acceptors (Lipinski definition) is 1. The van der Waals surface area contributed by atoms with Crippen LogP contribution in [0.4, 0.5) is 5.69 Å². The van der Waals surface area contributed by atoms with E-state index in [4.69, 9.17) is 35.4 Å². The zero-order valence-electron chi connectivity index (χ0n) is 14.0. The van der Waals surface area contributed by atoms with E-state index in [1.165, 1.54) is 11.1 Å². The van der Waals surface area contributed by atoms with Crippen LogP contribution in [0.25, 0.3) is 0 Å². The van der Waals surface area contributed by atoms with Crippen LogP contribution in [0, 0.1) is 0 Å².